The van der Waals surface area contributed by atoms with Crippen molar-refractivity contribution in [1.29, 1.82) is 0 Å². The molecule has 0 aromatic heterocycles. The maximum absolute atomic E-state index is 14.2. The van der Waals surface area contributed by atoms with Crippen LogP contribution in [-0.2, 0) is 11.3 Å². The van der Waals surface area contributed by atoms with Crippen LogP contribution in [0.3, 0.4) is 0 Å². The lowest BCUT2D eigenvalue weighted by Gasteiger charge is -2.39. The van der Waals surface area contributed by atoms with E-state index in [9.17, 15) is 9.18 Å². The van der Waals surface area contributed by atoms with Crippen LogP contribution in [0.2, 0.25) is 0 Å². The zero-order valence-corrected chi connectivity index (χ0v) is 14.8. The molecule has 25 heavy (non-hydrogen) atoms. The first-order valence-electron chi connectivity index (χ1n) is 8.44. The summed E-state index contributed by atoms with van der Waals surface area (Å²) in [6, 6.07) is 12.4. The molecule has 1 aliphatic heterocycles. The van der Waals surface area contributed by atoms with E-state index in [1.165, 1.54) is 6.07 Å². The van der Waals surface area contributed by atoms with Gasteiger partial charge in [-0.1, -0.05) is 18.2 Å². The van der Waals surface area contributed by atoms with Crippen molar-refractivity contribution in [3.8, 4) is 5.75 Å². The molecular formula is C20H23FN2O2. The average Bonchev–Trinajstić information content (AvgIpc) is 2.62. The van der Waals surface area contributed by atoms with Crippen molar-refractivity contribution in [2.45, 2.75) is 26.4 Å². The van der Waals surface area contributed by atoms with Crippen LogP contribution in [0, 0.1) is 12.7 Å². The van der Waals surface area contributed by atoms with Gasteiger partial charge in [-0.15, -0.1) is 0 Å². The molecule has 5 heteroatoms. The van der Waals surface area contributed by atoms with Gasteiger partial charge in [0, 0.05) is 19.6 Å². The Balaban J connectivity index is 1.73. The number of carbonyl (C=O) groups excluding carboxylic acids is 1. The first-order chi connectivity index (χ1) is 12.0. The van der Waals surface area contributed by atoms with Gasteiger partial charge in [0.1, 0.15) is 11.6 Å². The molecule has 0 bridgehead atoms. The highest BCUT2D eigenvalue weighted by Crippen LogP contribution is 2.25. The molecule has 1 amide bonds. The lowest BCUT2D eigenvalue weighted by Crippen LogP contribution is -2.55. The molecule has 1 saturated heterocycles. The van der Waals surface area contributed by atoms with Gasteiger partial charge in [-0.3, -0.25) is 9.69 Å². The molecule has 0 unspecified atom stereocenters. The summed E-state index contributed by atoms with van der Waals surface area (Å²) in [6.07, 6.45) is 0. The molecule has 0 radical (unpaired) electrons. The van der Waals surface area contributed by atoms with Crippen LogP contribution < -0.4 is 9.64 Å². The first kappa shape index (κ1) is 17.4. The van der Waals surface area contributed by atoms with Crippen LogP contribution in [-0.4, -0.2) is 37.0 Å². The van der Waals surface area contributed by atoms with Crippen LogP contribution in [0.15, 0.2) is 42.5 Å². The number of aryl methyl sites for hydroxylation is 1. The number of hydrogen-bond donors (Lipinski definition) is 0. The van der Waals surface area contributed by atoms with Crippen LogP contribution in [0.1, 0.15) is 18.1 Å². The highest BCUT2D eigenvalue weighted by molar-refractivity contribution is 5.97. The first-order valence-corrected chi connectivity index (χ1v) is 8.44. The standard InChI is InChI=1S/C20H23FN2O2/c1-14-4-9-18(21)19(12-14)23-11-10-22(15(2)20(23)24)13-16-5-7-17(25-3)8-6-16/h4-9,12,15H,10-11,13H2,1-3H3/t15-/m0/s1. The van der Waals surface area contributed by atoms with E-state index in [1.54, 1.807) is 24.1 Å². The van der Waals surface area contributed by atoms with Crippen molar-refractivity contribution in [3.05, 3.63) is 59.4 Å². The number of methoxy groups -OCH3 is 1. The predicted molar refractivity (Wildman–Crippen MR) is 96.4 cm³/mol. The third kappa shape index (κ3) is 3.66. The second kappa shape index (κ2) is 7.23. The van der Waals surface area contributed by atoms with Gasteiger partial charge in [-0.25, -0.2) is 4.39 Å². The minimum atomic E-state index is -0.352. The Morgan fingerprint density at radius 1 is 1.16 bits per heavy atom. The van der Waals surface area contributed by atoms with Gasteiger partial charge in [0.25, 0.3) is 0 Å². The third-order valence-electron chi connectivity index (χ3n) is 4.72. The maximum atomic E-state index is 14.2. The fourth-order valence-corrected chi connectivity index (χ4v) is 3.16. The van der Waals surface area contributed by atoms with Crippen molar-refractivity contribution in [3.63, 3.8) is 0 Å². The van der Waals surface area contributed by atoms with E-state index in [4.69, 9.17) is 4.74 Å². The molecule has 0 N–H and O–H groups in total. The lowest BCUT2D eigenvalue weighted by molar-refractivity contribution is -0.125. The summed E-state index contributed by atoms with van der Waals surface area (Å²) in [5.41, 5.74) is 2.44. The summed E-state index contributed by atoms with van der Waals surface area (Å²) in [6.45, 7) is 5.65. The Kier molecular flexibility index (Phi) is 5.04. The van der Waals surface area contributed by atoms with Gasteiger partial charge < -0.3 is 9.64 Å². The number of benzene rings is 2. The minimum Gasteiger partial charge on any atom is -0.497 e. The molecule has 2 aromatic carbocycles. The Morgan fingerprint density at radius 2 is 1.88 bits per heavy atom. The SMILES string of the molecule is COc1ccc(CN2CCN(c3cc(C)ccc3F)C(=O)[C@@H]2C)cc1. The second-order valence-corrected chi connectivity index (χ2v) is 6.44. The number of amides is 1. The largest absolute Gasteiger partial charge is 0.497 e. The molecule has 0 saturated carbocycles. The van der Waals surface area contributed by atoms with Crippen LogP contribution in [0.5, 0.6) is 5.75 Å². The molecule has 1 heterocycles. The van der Waals surface area contributed by atoms with Crippen LogP contribution in [0.4, 0.5) is 10.1 Å². The summed E-state index contributed by atoms with van der Waals surface area (Å²) in [5.74, 6) is 0.395. The topological polar surface area (TPSA) is 32.8 Å². The second-order valence-electron chi connectivity index (χ2n) is 6.44. The van der Waals surface area contributed by atoms with E-state index in [0.717, 1.165) is 16.9 Å². The van der Waals surface area contributed by atoms with Crippen molar-refractivity contribution in [2.75, 3.05) is 25.1 Å². The van der Waals surface area contributed by atoms with Gasteiger partial charge in [0.05, 0.1) is 18.8 Å². The van der Waals surface area contributed by atoms with E-state index < -0.39 is 0 Å². The summed E-state index contributed by atoms with van der Waals surface area (Å²) in [5, 5.41) is 0. The van der Waals surface area contributed by atoms with Crippen LogP contribution >= 0.6 is 0 Å². The van der Waals surface area contributed by atoms with Crippen molar-refractivity contribution >= 4 is 11.6 Å². The van der Waals surface area contributed by atoms with E-state index in [0.29, 0.717) is 25.3 Å². The summed E-state index contributed by atoms with van der Waals surface area (Å²) < 4.78 is 19.3. The summed E-state index contributed by atoms with van der Waals surface area (Å²) in [4.78, 5) is 16.5. The molecule has 132 valence electrons. The third-order valence-corrected chi connectivity index (χ3v) is 4.72. The molecule has 2 aromatic rings. The smallest absolute Gasteiger partial charge is 0.244 e. The number of piperazine rings is 1. The monoisotopic (exact) mass is 342 g/mol. The van der Waals surface area contributed by atoms with Gasteiger partial charge in [-0.2, -0.15) is 0 Å². The number of hydrogen-bond acceptors (Lipinski definition) is 3. The lowest BCUT2D eigenvalue weighted by atomic mass is 10.1. The molecule has 4 nitrogen and oxygen atoms in total. The average molecular weight is 342 g/mol. The summed E-state index contributed by atoms with van der Waals surface area (Å²) in [7, 11) is 1.64. The molecule has 0 aliphatic carbocycles. The number of carbonyl (C=O) groups is 1. The molecule has 0 spiro atoms. The number of ether oxygens (including phenoxy) is 1. The Hall–Kier alpha value is -2.40. The Bertz CT molecular complexity index is 761. The number of nitrogens with zero attached hydrogens (tertiary/aromatic N) is 2. The number of anilines is 1. The molecular weight excluding hydrogens is 319 g/mol. The highest BCUT2D eigenvalue weighted by Gasteiger charge is 2.33. The van der Waals surface area contributed by atoms with E-state index in [1.807, 2.05) is 38.1 Å². The number of rotatable bonds is 4. The molecule has 3 rings (SSSR count). The zero-order valence-electron chi connectivity index (χ0n) is 14.8. The van der Waals surface area contributed by atoms with Gasteiger partial charge in [0.2, 0.25) is 5.91 Å². The van der Waals surface area contributed by atoms with Crippen molar-refractivity contribution < 1.29 is 13.9 Å². The van der Waals surface area contributed by atoms with E-state index in [-0.39, 0.29) is 17.8 Å². The number of halogens is 1. The quantitative estimate of drug-likeness (QED) is 0.854. The highest BCUT2D eigenvalue weighted by atomic mass is 19.1. The molecule has 1 atom stereocenters. The predicted octanol–water partition coefficient (Wildman–Crippen LogP) is 3.38. The van der Waals surface area contributed by atoms with Gasteiger partial charge >= 0.3 is 0 Å². The van der Waals surface area contributed by atoms with Crippen molar-refractivity contribution in [2.24, 2.45) is 0 Å². The fourth-order valence-electron chi connectivity index (χ4n) is 3.16. The summed E-state index contributed by atoms with van der Waals surface area (Å²) >= 11 is 0. The van der Waals surface area contributed by atoms with Gasteiger partial charge in [0.15, 0.2) is 0 Å². The molecule has 1 fully saturated rings. The van der Waals surface area contributed by atoms with E-state index in [2.05, 4.69) is 4.90 Å². The van der Waals surface area contributed by atoms with E-state index >= 15 is 0 Å². The minimum absolute atomic E-state index is 0.0655. The Morgan fingerprint density at radius 3 is 2.56 bits per heavy atom. The van der Waals surface area contributed by atoms with Gasteiger partial charge in [-0.05, 0) is 49.2 Å². The zero-order chi connectivity index (χ0) is 18.0. The molecule has 1 aliphatic rings. The fraction of sp³-hybridized carbons (Fsp3) is 0.350. The normalized spacial score (nSPS) is 18.5. The Labute approximate surface area is 147 Å². The van der Waals surface area contributed by atoms with Crippen molar-refractivity contribution in [1.82, 2.24) is 4.90 Å². The van der Waals surface area contributed by atoms with Crippen LogP contribution in [0.25, 0.3) is 0 Å². The maximum Gasteiger partial charge on any atom is 0.244 e.